The molecule has 0 spiro atoms. The Hall–Kier alpha value is -2.62. The van der Waals surface area contributed by atoms with Crippen LogP contribution >= 0.6 is 0 Å². The summed E-state index contributed by atoms with van der Waals surface area (Å²) >= 11 is 0. The summed E-state index contributed by atoms with van der Waals surface area (Å²) in [5.41, 5.74) is 7.03. The summed E-state index contributed by atoms with van der Waals surface area (Å²) in [4.78, 5) is 14.6. The fourth-order valence-corrected chi connectivity index (χ4v) is 3.73. The molecule has 0 saturated heterocycles. The van der Waals surface area contributed by atoms with E-state index in [0.717, 1.165) is 50.2 Å². The molecule has 4 heteroatoms. The van der Waals surface area contributed by atoms with Crippen LogP contribution < -0.4 is 10.3 Å². The van der Waals surface area contributed by atoms with Crippen molar-refractivity contribution in [3.8, 4) is 0 Å². The SMILES string of the molecule is CCN(CC)c1ccc(C(=O)NN=C2CCC(c3ccccc3)CC2)cc1. The molecule has 0 aliphatic heterocycles. The summed E-state index contributed by atoms with van der Waals surface area (Å²) in [5, 5.41) is 4.38. The van der Waals surface area contributed by atoms with Gasteiger partial charge in [-0.3, -0.25) is 4.79 Å². The third-order valence-corrected chi connectivity index (χ3v) is 5.41. The lowest BCUT2D eigenvalue weighted by Gasteiger charge is -2.23. The fourth-order valence-electron chi connectivity index (χ4n) is 3.73. The summed E-state index contributed by atoms with van der Waals surface area (Å²) in [7, 11) is 0. The molecule has 0 unspecified atom stereocenters. The summed E-state index contributed by atoms with van der Waals surface area (Å²) in [6.45, 7) is 6.18. The molecule has 1 aliphatic rings. The van der Waals surface area contributed by atoms with Gasteiger partial charge in [0.1, 0.15) is 0 Å². The molecule has 27 heavy (non-hydrogen) atoms. The van der Waals surface area contributed by atoms with Crippen LogP contribution in [0.25, 0.3) is 0 Å². The molecule has 0 heterocycles. The number of carbonyl (C=O) groups excluding carboxylic acids is 1. The third-order valence-electron chi connectivity index (χ3n) is 5.41. The first-order valence-corrected chi connectivity index (χ1v) is 9.97. The molecular weight excluding hydrogens is 334 g/mol. The highest BCUT2D eigenvalue weighted by molar-refractivity contribution is 5.95. The summed E-state index contributed by atoms with van der Waals surface area (Å²) in [5.74, 6) is 0.465. The average Bonchev–Trinajstić information content (AvgIpc) is 2.74. The zero-order valence-corrected chi connectivity index (χ0v) is 16.3. The third kappa shape index (κ3) is 4.97. The lowest BCUT2D eigenvalue weighted by molar-refractivity contribution is 0.0954. The zero-order valence-electron chi connectivity index (χ0n) is 16.3. The van der Waals surface area contributed by atoms with E-state index in [1.54, 1.807) is 0 Å². The highest BCUT2D eigenvalue weighted by Crippen LogP contribution is 2.31. The molecule has 2 aromatic rings. The van der Waals surface area contributed by atoms with Gasteiger partial charge in [0.05, 0.1) is 0 Å². The van der Waals surface area contributed by atoms with E-state index in [0.29, 0.717) is 11.5 Å². The number of hydrogen-bond acceptors (Lipinski definition) is 3. The Balaban J connectivity index is 1.53. The van der Waals surface area contributed by atoms with Crippen LogP contribution in [0.2, 0.25) is 0 Å². The maximum atomic E-state index is 12.4. The first-order chi connectivity index (χ1) is 13.2. The van der Waals surface area contributed by atoms with Crippen LogP contribution in [0.15, 0.2) is 59.7 Å². The Kier molecular flexibility index (Phi) is 6.64. The second-order valence-electron chi connectivity index (χ2n) is 7.02. The number of nitrogens with zero attached hydrogens (tertiary/aromatic N) is 2. The minimum Gasteiger partial charge on any atom is -0.372 e. The number of amides is 1. The minimum atomic E-state index is -0.140. The molecule has 1 aliphatic carbocycles. The minimum absolute atomic E-state index is 0.140. The molecule has 1 N–H and O–H groups in total. The largest absolute Gasteiger partial charge is 0.372 e. The number of anilines is 1. The second kappa shape index (κ2) is 9.36. The van der Waals surface area contributed by atoms with E-state index in [9.17, 15) is 4.79 Å². The quantitative estimate of drug-likeness (QED) is 0.736. The first-order valence-electron chi connectivity index (χ1n) is 9.97. The highest BCUT2D eigenvalue weighted by atomic mass is 16.2. The molecule has 0 radical (unpaired) electrons. The van der Waals surface area contributed by atoms with Crippen LogP contribution in [0.5, 0.6) is 0 Å². The Bertz CT molecular complexity index is 754. The van der Waals surface area contributed by atoms with Gasteiger partial charge in [0, 0.05) is 30.1 Å². The molecule has 142 valence electrons. The van der Waals surface area contributed by atoms with Gasteiger partial charge in [0.15, 0.2) is 0 Å². The van der Waals surface area contributed by atoms with Crippen LogP contribution in [-0.2, 0) is 0 Å². The number of hydrogen-bond donors (Lipinski definition) is 1. The van der Waals surface area contributed by atoms with Gasteiger partial charge in [-0.25, -0.2) is 5.43 Å². The number of benzene rings is 2. The molecular formula is C23H29N3O. The molecule has 1 amide bonds. The van der Waals surface area contributed by atoms with Crippen LogP contribution in [0, 0.1) is 0 Å². The van der Waals surface area contributed by atoms with Crippen LogP contribution in [0.3, 0.4) is 0 Å². The van der Waals surface area contributed by atoms with Gasteiger partial charge in [0.2, 0.25) is 0 Å². The van der Waals surface area contributed by atoms with E-state index in [1.165, 1.54) is 5.56 Å². The first kappa shape index (κ1) is 19.2. The van der Waals surface area contributed by atoms with E-state index in [-0.39, 0.29) is 5.91 Å². The van der Waals surface area contributed by atoms with Crippen molar-refractivity contribution < 1.29 is 4.79 Å². The van der Waals surface area contributed by atoms with Crippen molar-refractivity contribution in [2.45, 2.75) is 45.4 Å². The predicted molar refractivity (Wildman–Crippen MR) is 113 cm³/mol. The van der Waals surface area contributed by atoms with E-state index in [2.05, 4.69) is 59.6 Å². The van der Waals surface area contributed by atoms with Crippen LogP contribution in [0.1, 0.15) is 61.4 Å². The van der Waals surface area contributed by atoms with Crippen molar-refractivity contribution in [2.24, 2.45) is 5.10 Å². The standard InChI is InChI=1S/C23H29N3O/c1-3-26(4-2)22-16-12-20(13-17-22)23(27)25-24-21-14-10-19(11-15-21)18-8-6-5-7-9-18/h5-9,12-13,16-17,19H,3-4,10-11,14-15H2,1-2H3,(H,25,27). The average molecular weight is 364 g/mol. The zero-order chi connectivity index (χ0) is 19.1. The number of hydrazone groups is 1. The molecule has 1 saturated carbocycles. The van der Waals surface area contributed by atoms with Crippen molar-refractivity contribution in [2.75, 3.05) is 18.0 Å². The lowest BCUT2D eigenvalue weighted by atomic mass is 9.83. The normalized spacial score (nSPS) is 16.7. The van der Waals surface area contributed by atoms with Gasteiger partial charge < -0.3 is 4.90 Å². The molecule has 0 aromatic heterocycles. The van der Waals surface area contributed by atoms with Gasteiger partial charge in [0.25, 0.3) is 5.91 Å². The molecule has 4 nitrogen and oxygen atoms in total. The number of carbonyl (C=O) groups is 1. The molecule has 0 bridgehead atoms. The molecule has 3 rings (SSSR count). The predicted octanol–water partition coefficient (Wildman–Crippen LogP) is 4.98. The summed E-state index contributed by atoms with van der Waals surface area (Å²) in [6.07, 6.45) is 4.08. The highest BCUT2D eigenvalue weighted by Gasteiger charge is 2.19. The Morgan fingerprint density at radius 1 is 1.00 bits per heavy atom. The molecule has 2 aromatic carbocycles. The van der Waals surface area contributed by atoms with E-state index < -0.39 is 0 Å². The second-order valence-corrected chi connectivity index (χ2v) is 7.02. The molecule has 0 atom stereocenters. The van der Waals surface area contributed by atoms with Gasteiger partial charge in [-0.05, 0) is 75.3 Å². The van der Waals surface area contributed by atoms with Gasteiger partial charge in [-0.2, -0.15) is 5.10 Å². The van der Waals surface area contributed by atoms with Crippen molar-refractivity contribution in [3.63, 3.8) is 0 Å². The van der Waals surface area contributed by atoms with Crippen molar-refractivity contribution in [3.05, 3.63) is 65.7 Å². The van der Waals surface area contributed by atoms with Crippen molar-refractivity contribution >= 4 is 17.3 Å². The lowest BCUT2D eigenvalue weighted by Crippen LogP contribution is -2.23. The topological polar surface area (TPSA) is 44.7 Å². The van der Waals surface area contributed by atoms with E-state index in [1.807, 2.05) is 24.3 Å². The Morgan fingerprint density at radius 3 is 2.22 bits per heavy atom. The maximum absolute atomic E-state index is 12.4. The number of nitrogens with one attached hydrogen (secondary N) is 1. The monoisotopic (exact) mass is 363 g/mol. The van der Waals surface area contributed by atoms with Crippen molar-refractivity contribution in [1.29, 1.82) is 0 Å². The van der Waals surface area contributed by atoms with Gasteiger partial charge in [-0.1, -0.05) is 30.3 Å². The maximum Gasteiger partial charge on any atom is 0.271 e. The van der Waals surface area contributed by atoms with E-state index >= 15 is 0 Å². The van der Waals surface area contributed by atoms with Crippen molar-refractivity contribution in [1.82, 2.24) is 5.43 Å². The fraction of sp³-hybridized carbons (Fsp3) is 0.391. The Labute approximate surface area is 162 Å². The van der Waals surface area contributed by atoms with Gasteiger partial charge in [-0.15, -0.1) is 0 Å². The smallest absolute Gasteiger partial charge is 0.271 e. The van der Waals surface area contributed by atoms with Crippen LogP contribution in [-0.4, -0.2) is 24.7 Å². The van der Waals surface area contributed by atoms with Crippen LogP contribution in [0.4, 0.5) is 5.69 Å². The number of rotatable bonds is 6. The molecule has 1 fully saturated rings. The van der Waals surface area contributed by atoms with Gasteiger partial charge >= 0.3 is 0 Å². The summed E-state index contributed by atoms with van der Waals surface area (Å²) in [6, 6.07) is 18.4. The Morgan fingerprint density at radius 2 is 1.63 bits per heavy atom. The summed E-state index contributed by atoms with van der Waals surface area (Å²) < 4.78 is 0. The van der Waals surface area contributed by atoms with E-state index in [4.69, 9.17) is 0 Å².